The van der Waals surface area contributed by atoms with Gasteiger partial charge in [-0.25, -0.2) is 15.0 Å². The Labute approximate surface area is 141 Å². The SMILES string of the molecule is Cc1ccnc(Nc2ncnc(Nc3ccc(C)c(C)c3)c2N)c1. The monoisotopic (exact) mass is 320 g/mol. The summed E-state index contributed by atoms with van der Waals surface area (Å²) in [5, 5.41) is 6.37. The predicted octanol–water partition coefficient (Wildman–Crippen LogP) is 3.87. The van der Waals surface area contributed by atoms with E-state index in [-0.39, 0.29) is 0 Å². The molecular formula is C18H20N6. The number of pyridine rings is 1. The minimum atomic E-state index is 0.444. The van der Waals surface area contributed by atoms with Crippen LogP contribution in [0.4, 0.5) is 28.8 Å². The smallest absolute Gasteiger partial charge is 0.160 e. The van der Waals surface area contributed by atoms with Gasteiger partial charge in [0.25, 0.3) is 0 Å². The number of nitrogens with two attached hydrogens (primary N) is 1. The minimum Gasteiger partial charge on any atom is -0.393 e. The number of nitrogens with one attached hydrogen (secondary N) is 2. The summed E-state index contributed by atoms with van der Waals surface area (Å²) in [6, 6.07) is 9.98. The highest BCUT2D eigenvalue weighted by molar-refractivity contribution is 5.79. The normalized spacial score (nSPS) is 10.5. The van der Waals surface area contributed by atoms with Gasteiger partial charge in [-0.2, -0.15) is 0 Å². The molecule has 0 fully saturated rings. The molecule has 0 saturated heterocycles. The highest BCUT2D eigenvalue weighted by Gasteiger charge is 2.09. The van der Waals surface area contributed by atoms with E-state index < -0.39 is 0 Å². The number of rotatable bonds is 4. The molecule has 1 aromatic carbocycles. The topological polar surface area (TPSA) is 88.8 Å². The van der Waals surface area contributed by atoms with Crippen LogP contribution >= 0.6 is 0 Å². The summed E-state index contributed by atoms with van der Waals surface area (Å²) in [6.45, 7) is 6.15. The number of nitrogen functional groups attached to an aromatic ring is 1. The van der Waals surface area contributed by atoms with Crippen LogP contribution in [0.5, 0.6) is 0 Å². The number of nitrogens with zero attached hydrogens (tertiary/aromatic N) is 3. The average molecular weight is 320 g/mol. The van der Waals surface area contributed by atoms with E-state index in [2.05, 4.69) is 51.6 Å². The number of hydrogen-bond donors (Lipinski definition) is 3. The van der Waals surface area contributed by atoms with Crippen LogP contribution in [-0.2, 0) is 0 Å². The molecule has 24 heavy (non-hydrogen) atoms. The van der Waals surface area contributed by atoms with Gasteiger partial charge in [0.15, 0.2) is 11.6 Å². The number of aryl methyl sites for hydroxylation is 3. The Hall–Kier alpha value is -3.15. The van der Waals surface area contributed by atoms with E-state index in [1.54, 1.807) is 6.20 Å². The molecule has 3 aromatic rings. The van der Waals surface area contributed by atoms with Gasteiger partial charge < -0.3 is 16.4 Å². The fraction of sp³-hybridized carbons (Fsp3) is 0.167. The molecule has 0 radical (unpaired) electrons. The highest BCUT2D eigenvalue weighted by atomic mass is 15.1. The number of anilines is 5. The van der Waals surface area contributed by atoms with Gasteiger partial charge >= 0.3 is 0 Å². The minimum absolute atomic E-state index is 0.444. The lowest BCUT2D eigenvalue weighted by Crippen LogP contribution is -2.06. The van der Waals surface area contributed by atoms with E-state index in [1.165, 1.54) is 17.5 Å². The first-order valence-corrected chi connectivity index (χ1v) is 7.67. The summed E-state index contributed by atoms with van der Waals surface area (Å²) in [7, 11) is 0. The first-order valence-electron chi connectivity index (χ1n) is 7.67. The molecule has 0 saturated carbocycles. The molecular weight excluding hydrogens is 300 g/mol. The van der Waals surface area contributed by atoms with Crippen LogP contribution < -0.4 is 16.4 Å². The fourth-order valence-corrected chi connectivity index (χ4v) is 2.28. The molecule has 4 N–H and O–H groups in total. The van der Waals surface area contributed by atoms with E-state index in [0.717, 1.165) is 11.3 Å². The third-order valence-electron chi connectivity index (χ3n) is 3.82. The van der Waals surface area contributed by atoms with Crippen molar-refractivity contribution in [3.05, 3.63) is 59.5 Å². The largest absolute Gasteiger partial charge is 0.393 e. The van der Waals surface area contributed by atoms with Crippen molar-refractivity contribution in [3.63, 3.8) is 0 Å². The van der Waals surface area contributed by atoms with Crippen LogP contribution in [0.1, 0.15) is 16.7 Å². The van der Waals surface area contributed by atoms with Gasteiger partial charge in [-0.05, 0) is 61.7 Å². The lowest BCUT2D eigenvalue weighted by Gasteiger charge is -2.13. The molecule has 6 nitrogen and oxygen atoms in total. The van der Waals surface area contributed by atoms with Gasteiger partial charge in [-0.15, -0.1) is 0 Å². The van der Waals surface area contributed by atoms with E-state index >= 15 is 0 Å². The molecule has 0 aliphatic heterocycles. The van der Waals surface area contributed by atoms with Crippen molar-refractivity contribution in [3.8, 4) is 0 Å². The van der Waals surface area contributed by atoms with Crippen molar-refractivity contribution in [2.75, 3.05) is 16.4 Å². The lowest BCUT2D eigenvalue weighted by atomic mass is 10.1. The Morgan fingerprint density at radius 2 is 1.58 bits per heavy atom. The van der Waals surface area contributed by atoms with Crippen LogP contribution in [0.15, 0.2) is 42.9 Å². The van der Waals surface area contributed by atoms with Gasteiger partial charge in [0.05, 0.1) is 0 Å². The molecule has 0 atom stereocenters. The maximum atomic E-state index is 6.21. The molecule has 0 unspecified atom stereocenters. The second kappa shape index (κ2) is 6.54. The summed E-state index contributed by atoms with van der Waals surface area (Å²) >= 11 is 0. The first-order chi connectivity index (χ1) is 11.5. The van der Waals surface area contributed by atoms with E-state index in [9.17, 15) is 0 Å². The molecule has 0 spiro atoms. The summed E-state index contributed by atoms with van der Waals surface area (Å²) in [5.41, 5.74) is 11.1. The average Bonchev–Trinajstić information content (AvgIpc) is 2.55. The highest BCUT2D eigenvalue weighted by Crippen LogP contribution is 2.28. The van der Waals surface area contributed by atoms with Gasteiger partial charge in [0.2, 0.25) is 0 Å². The molecule has 3 rings (SSSR count). The van der Waals surface area contributed by atoms with Crippen molar-refractivity contribution >= 4 is 28.8 Å². The van der Waals surface area contributed by atoms with Crippen molar-refractivity contribution < 1.29 is 0 Å². The van der Waals surface area contributed by atoms with Crippen molar-refractivity contribution in [1.82, 2.24) is 15.0 Å². The van der Waals surface area contributed by atoms with Crippen molar-refractivity contribution in [2.45, 2.75) is 20.8 Å². The summed E-state index contributed by atoms with van der Waals surface area (Å²) in [5.74, 6) is 1.77. The molecule has 0 bridgehead atoms. The van der Waals surface area contributed by atoms with E-state index in [0.29, 0.717) is 23.1 Å². The van der Waals surface area contributed by atoms with Crippen LogP contribution in [0, 0.1) is 20.8 Å². The number of benzene rings is 1. The second-order valence-electron chi connectivity index (χ2n) is 5.75. The Morgan fingerprint density at radius 3 is 2.29 bits per heavy atom. The van der Waals surface area contributed by atoms with Crippen LogP contribution in [0.25, 0.3) is 0 Å². The third-order valence-corrected chi connectivity index (χ3v) is 3.82. The van der Waals surface area contributed by atoms with Gasteiger partial charge in [0, 0.05) is 11.9 Å². The number of hydrogen-bond acceptors (Lipinski definition) is 6. The van der Waals surface area contributed by atoms with Gasteiger partial charge in [-0.1, -0.05) is 6.07 Å². The summed E-state index contributed by atoms with van der Waals surface area (Å²) in [6.07, 6.45) is 3.21. The van der Waals surface area contributed by atoms with Gasteiger partial charge in [0.1, 0.15) is 17.8 Å². The zero-order chi connectivity index (χ0) is 17.1. The van der Waals surface area contributed by atoms with Crippen molar-refractivity contribution in [2.24, 2.45) is 0 Å². The Bertz CT molecular complexity index is 875. The zero-order valence-electron chi connectivity index (χ0n) is 14.0. The lowest BCUT2D eigenvalue weighted by molar-refractivity contribution is 1.16. The molecule has 2 aromatic heterocycles. The first kappa shape index (κ1) is 15.7. The molecule has 0 aliphatic carbocycles. The third kappa shape index (κ3) is 3.43. The number of aromatic nitrogens is 3. The maximum Gasteiger partial charge on any atom is 0.160 e. The van der Waals surface area contributed by atoms with Crippen LogP contribution in [0.2, 0.25) is 0 Å². The molecule has 0 aliphatic rings. The van der Waals surface area contributed by atoms with Gasteiger partial charge in [-0.3, -0.25) is 0 Å². The quantitative estimate of drug-likeness (QED) is 0.676. The van der Waals surface area contributed by atoms with Crippen LogP contribution in [0.3, 0.4) is 0 Å². The molecule has 0 amide bonds. The maximum absolute atomic E-state index is 6.21. The molecule has 6 heteroatoms. The standard InChI is InChI=1S/C18H20N6/c1-11-6-7-20-15(8-11)24-18-16(19)17(21-10-22-18)23-14-5-4-12(2)13(3)9-14/h4-10H,19H2,1-3H3,(H2,20,21,22,23,24). The van der Waals surface area contributed by atoms with Crippen molar-refractivity contribution in [1.29, 1.82) is 0 Å². The summed E-state index contributed by atoms with van der Waals surface area (Å²) in [4.78, 5) is 12.7. The Balaban J connectivity index is 1.86. The zero-order valence-corrected chi connectivity index (χ0v) is 14.0. The Kier molecular flexibility index (Phi) is 4.29. The predicted molar refractivity (Wildman–Crippen MR) is 97.9 cm³/mol. The van der Waals surface area contributed by atoms with E-state index in [1.807, 2.05) is 25.1 Å². The Morgan fingerprint density at radius 1 is 0.833 bits per heavy atom. The summed E-state index contributed by atoms with van der Waals surface area (Å²) < 4.78 is 0. The second-order valence-corrected chi connectivity index (χ2v) is 5.75. The van der Waals surface area contributed by atoms with Crippen LogP contribution in [-0.4, -0.2) is 15.0 Å². The molecule has 122 valence electrons. The molecule has 2 heterocycles. The van der Waals surface area contributed by atoms with E-state index in [4.69, 9.17) is 5.73 Å². The fourth-order valence-electron chi connectivity index (χ4n) is 2.28.